The van der Waals surface area contributed by atoms with Gasteiger partial charge in [-0.1, -0.05) is 29.8 Å². The van der Waals surface area contributed by atoms with Crippen molar-refractivity contribution in [3.05, 3.63) is 102 Å². The van der Waals surface area contributed by atoms with E-state index in [0.717, 1.165) is 17.7 Å². The number of aliphatic hydroxyl groups is 1. The number of nitrogens with zero attached hydrogens (tertiary/aromatic N) is 4. The topological polar surface area (TPSA) is 117 Å². The molecule has 3 aromatic heterocycles. The number of alkyl halides is 3. The van der Waals surface area contributed by atoms with Gasteiger partial charge in [-0.15, -0.1) is 0 Å². The number of fused-ring (bicyclic) bond motifs is 1. The van der Waals surface area contributed by atoms with Gasteiger partial charge < -0.3 is 15.4 Å². The summed E-state index contributed by atoms with van der Waals surface area (Å²) in [4.78, 5) is 24.5. The minimum absolute atomic E-state index is 0.0173. The van der Waals surface area contributed by atoms with E-state index in [2.05, 4.69) is 30.5 Å². The van der Waals surface area contributed by atoms with Gasteiger partial charge >= 0.3 is 6.18 Å². The Balaban J connectivity index is 1.54. The first-order valence-corrected chi connectivity index (χ1v) is 11.0. The molecule has 3 heterocycles. The van der Waals surface area contributed by atoms with Gasteiger partial charge in [0.15, 0.2) is 5.82 Å². The van der Waals surface area contributed by atoms with Gasteiger partial charge in [0.2, 0.25) is 5.60 Å². The minimum atomic E-state index is -4.53. The number of carbonyl (C=O) groups excluding carboxylic acids is 1. The lowest BCUT2D eigenvalue weighted by Crippen LogP contribution is -2.42. The molecule has 0 bridgehead atoms. The molecule has 0 aliphatic carbocycles. The third-order valence-electron chi connectivity index (χ3n) is 5.88. The molecule has 0 aliphatic heterocycles. The highest BCUT2D eigenvalue weighted by Gasteiger charge is 2.43. The number of aryl methyl sites for hydroxylation is 1. The molecular formula is C26H19F3N6O2. The largest absolute Gasteiger partial charge is 0.416 e. The lowest BCUT2D eigenvalue weighted by atomic mass is 9.90. The number of aromatic nitrogens is 5. The molecular weight excluding hydrogens is 485 g/mol. The Morgan fingerprint density at radius 1 is 1.03 bits per heavy atom. The van der Waals surface area contributed by atoms with Crippen molar-refractivity contribution in [3.63, 3.8) is 0 Å². The zero-order valence-corrected chi connectivity index (χ0v) is 19.3. The van der Waals surface area contributed by atoms with Crippen LogP contribution in [-0.2, 0) is 16.6 Å². The molecule has 5 aromatic rings. The quantitative estimate of drug-likeness (QED) is 0.322. The summed E-state index contributed by atoms with van der Waals surface area (Å²) in [6.07, 6.45) is 2.50. The zero-order chi connectivity index (χ0) is 26.2. The van der Waals surface area contributed by atoms with Gasteiger partial charge in [-0.2, -0.15) is 23.4 Å². The van der Waals surface area contributed by atoms with Crippen molar-refractivity contribution in [1.29, 1.82) is 0 Å². The average molecular weight is 504 g/mol. The van der Waals surface area contributed by atoms with E-state index in [1.807, 2.05) is 13.0 Å². The zero-order valence-electron chi connectivity index (χ0n) is 19.3. The van der Waals surface area contributed by atoms with Crippen LogP contribution in [0.5, 0.6) is 0 Å². The second kappa shape index (κ2) is 9.10. The summed E-state index contributed by atoms with van der Waals surface area (Å²) in [7, 11) is 0. The lowest BCUT2D eigenvalue weighted by Gasteiger charge is -2.26. The molecule has 0 fully saturated rings. The summed E-state index contributed by atoms with van der Waals surface area (Å²) in [5, 5.41) is 22.3. The first-order chi connectivity index (χ1) is 17.7. The number of H-pyrrole nitrogens is 1. The summed E-state index contributed by atoms with van der Waals surface area (Å²) in [6.45, 7) is 1.83. The normalized spacial score (nSPS) is 13.3. The maximum absolute atomic E-state index is 13.5. The molecule has 0 radical (unpaired) electrons. The number of nitrogens with one attached hydrogen (secondary N) is 2. The van der Waals surface area contributed by atoms with Crippen LogP contribution in [0.25, 0.3) is 22.0 Å². The number of amides is 1. The highest BCUT2D eigenvalue weighted by molar-refractivity contribution is 6.01. The van der Waals surface area contributed by atoms with E-state index in [1.54, 1.807) is 18.2 Å². The van der Waals surface area contributed by atoms with Crippen molar-refractivity contribution < 1.29 is 23.1 Å². The number of halogens is 3. The van der Waals surface area contributed by atoms with E-state index in [0.29, 0.717) is 16.7 Å². The van der Waals surface area contributed by atoms with E-state index < -0.39 is 23.2 Å². The van der Waals surface area contributed by atoms with E-state index in [-0.39, 0.29) is 22.4 Å². The van der Waals surface area contributed by atoms with Crippen molar-refractivity contribution in [1.82, 2.24) is 25.1 Å². The number of benzene rings is 2. The van der Waals surface area contributed by atoms with Crippen LogP contribution in [0.2, 0.25) is 0 Å². The Labute approximate surface area is 208 Å². The number of rotatable bonds is 5. The Kier molecular flexibility index (Phi) is 5.92. The summed E-state index contributed by atoms with van der Waals surface area (Å²) in [6, 6.07) is 11.5. The van der Waals surface area contributed by atoms with Crippen LogP contribution >= 0.6 is 0 Å². The molecule has 0 spiro atoms. The Morgan fingerprint density at radius 3 is 2.59 bits per heavy atom. The first kappa shape index (κ1) is 24.1. The van der Waals surface area contributed by atoms with Crippen LogP contribution in [0.15, 0.2) is 79.5 Å². The van der Waals surface area contributed by atoms with Crippen molar-refractivity contribution >= 4 is 22.5 Å². The Morgan fingerprint density at radius 2 is 1.86 bits per heavy atom. The minimum Gasteiger partial charge on any atom is -0.369 e. The fourth-order valence-corrected chi connectivity index (χ4v) is 4.05. The predicted molar refractivity (Wildman–Crippen MR) is 129 cm³/mol. The SMILES string of the molecule is Cc1cccc([C@@](O)(C(=O)Nc2cncc(-c3cnnc4ccc(C(F)(F)F)cc34)c2)c2ncc[nH]2)c1. The number of anilines is 1. The Hall–Kier alpha value is -4.64. The van der Waals surface area contributed by atoms with Crippen molar-refractivity contribution in [2.45, 2.75) is 18.7 Å². The summed E-state index contributed by atoms with van der Waals surface area (Å²) >= 11 is 0. The smallest absolute Gasteiger partial charge is 0.369 e. The van der Waals surface area contributed by atoms with Crippen molar-refractivity contribution in [2.24, 2.45) is 0 Å². The molecule has 0 unspecified atom stereocenters. The summed E-state index contributed by atoms with van der Waals surface area (Å²) in [5.74, 6) is -0.784. The molecule has 8 nitrogen and oxygen atoms in total. The number of carbonyl (C=O) groups is 1. The number of hydrogen-bond acceptors (Lipinski definition) is 6. The molecule has 1 atom stereocenters. The van der Waals surface area contributed by atoms with Gasteiger partial charge in [0.05, 0.1) is 29.2 Å². The molecule has 2 aromatic carbocycles. The first-order valence-electron chi connectivity index (χ1n) is 11.0. The van der Waals surface area contributed by atoms with E-state index in [4.69, 9.17) is 0 Å². The standard InChI is InChI=1S/C26H19F3N6O2/c1-15-3-2-4-17(9-15)25(37,23-31-7-8-32-23)24(36)34-19-10-16(12-30-13-19)21-14-33-35-22-6-5-18(11-20(21)22)26(27,28)29/h2-14,37H,1H3,(H,31,32)(H,34,36)/t25-/m0/s1. The maximum atomic E-state index is 13.5. The molecule has 11 heteroatoms. The van der Waals surface area contributed by atoms with Gasteiger partial charge in [0.1, 0.15) is 0 Å². The molecule has 0 aliphatic rings. The second-order valence-corrected chi connectivity index (χ2v) is 8.42. The molecule has 0 saturated carbocycles. The van der Waals surface area contributed by atoms with Gasteiger partial charge in [0.25, 0.3) is 5.91 Å². The lowest BCUT2D eigenvalue weighted by molar-refractivity contribution is -0.137. The second-order valence-electron chi connectivity index (χ2n) is 8.42. The summed E-state index contributed by atoms with van der Waals surface area (Å²) < 4.78 is 40.0. The maximum Gasteiger partial charge on any atom is 0.416 e. The summed E-state index contributed by atoms with van der Waals surface area (Å²) in [5.41, 5.74) is -0.633. The van der Waals surface area contributed by atoms with Gasteiger partial charge in [0, 0.05) is 40.7 Å². The highest BCUT2D eigenvalue weighted by atomic mass is 19.4. The Bertz CT molecular complexity index is 1600. The number of hydrogen-bond donors (Lipinski definition) is 3. The van der Waals surface area contributed by atoms with Crippen molar-refractivity contribution in [3.8, 4) is 11.1 Å². The monoisotopic (exact) mass is 504 g/mol. The number of imidazole rings is 1. The molecule has 186 valence electrons. The average Bonchev–Trinajstić information content (AvgIpc) is 3.43. The van der Waals surface area contributed by atoms with Crippen LogP contribution in [0.4, 0.5) is 18.9 Å². The van der Waals surface area contributed by atoms with Gasteiger partial charge in [-0.05, 0) is 31.2 Å². The predicted octanol–water partition coefficient (Wildman–Crippen LogP) is 4.62. The van der Waals surface area contributed by atoms with Crippen LogP contribution in [0.1, 0.15) is 22.5 Å². The van der Waals surface area contributed by atoms with E-state index in [9.17, 15) is 23.1 Å². The molecule has 0 saturated heterocycles. The molecule has 5 rings (SSSR count). The number of aromatic amines is 1. The van der Waals surface area contributed by atoms with E-state index >= 15 is 0 Å². The van der Waals surface area contributed by atoms with Crippen molar-refractivity contribution in [2.75, 3.05) is 5.32 Å². The fraction of sp³-hybridized carbons (Fsp3) is 0.115. The van der Waals surface area contributed by atoms with Crippen LogP contribution < -0.4 is 5.32 Å². The van der Waals surface area contributed by atoms with Gasteiger partial charge in [-0.25, -0.2) is 4.98 Å². The van der Waals surface area contributed by atoms with Crippen LogP contribution in [0.3, 0.4) is 0 Å². The molecule has 1 amide bonds. The molecule has 3 N–H and O–H groups in total. The molecule has 37 heavy (non-hydrogen) atoms. The third-order valence-corrected chi connectivity index (χ3v) is 5.88. The van der Waals surface area contributed by atoms with Gasteiger partial charge in [-0.3, -0.25) is 9.78 Å². The fourth-order valence-electron chi connectivity index (χ4n) is 4.05. The van der Waals surface area contributed by atoms with E-state index in [1.165, 1.54) is 43.1 Å². The number of pyridine rings is 1. The van der Waals surface area contributed by atoms with Crippen LogP contribution in [0, 0.1) is 6.92 Å². The highest BCUT2D eigenvalue weighted by Crippen LogP contribution is 2.35. The third kappa shape index (κ3) is 4.52. The van der Waals surface area contributed by atoms with Crippen LogP contribution in [-0.4, -0.2) is 36.2 Å².